The van der Waals surface area contributed by atoms with Crippen molar-refractivity contribution in [2.75, 3.05) is 6.61 Å². The van der Waals surface area contributed by atoms with E-state index in [0.717, 1.165) is 19.4 Å². The number of unbranched alkanes of at least 4 members (excludes halogenated alkanes) is 9. The topological polar surface area (TPSA) is 9.23 Å². The molecule has 1 nitrogen and oxygen atoms in total. The van der Waals surface area contributed by atoms with Crippen LogP contribution in [0.25, 0.3) is 0 Å². The van der Waals surface area contributed by atoms with Gasteiger partial charge in [0.25, 0.3) is 0 Å². The molecule has 117 valence electrons. The smallest absolute Gasteiger partial charge is 0.0700 e. The van der Waals surface area contributed by atoms with Gasteiger partial charge < -0.3 is 4.74 Å². The molecule has 0 heterocycles. The van der Waals surface area contributed by atoms with Gasteiger partial charge in [0, 0.05) is 6.61 Å². The van der Waals surface area contributed by atoms with E-state index in [1.54, 1.807) is 0 Å². The molecule has 0 aromatic rings. The number of rotatable bonds is 15. The fourth-order valence-electron chi connectivity index (χ4n) is 2.19. The van der Waals surface area contributed by atoms with Gasteiger partial charge in [0.1, 0.15) is 0 Å². The Morgan fingerprint density at radius 2 is 1.25 bits per heavy atom. The second-order valence-corrected chi connectivity index (χ2v) is 5.49. The van der Waals surface area contributed by atoms with Crippen molar-refractivity contribution >= 4 is 0 Å². The number of allylic oxidation sites excluding steroid dienone is 4. The van der Waals surface area contributed by atoms with Gasteiger partial charge in [-0.1, -0.05) is 69.8 Å². The normalized spacial score (nSPS) is 11.9. The third-order valence-corrected chi connectivity index (χ3v) is 3.49. The zero-order valence-electron chi connectivity index (χ0n) is 13.6. The van der Waals surface area contributed by atoms with Gasteiger partial charge in [-0.3, -0.25) is 0 Å². The lowest BCUT2D eigenvalue weighted by Crippen LogP contribution is -1.86. The van der Waals surface area contributed by atoms with E-state index in [2.05, 4.69) is 38.3 Å². The molecule has 0 rings (SSSR count). The van der Waals surface area contributed by atoms with Crippen LogP contribution in [0.5, 0.6) is 0 Å². The Morgan fingerprint density at radius 3 is 1.85 bits per heavy atom. The highest BCUT2D eigenvalue weighted by molar-refractivity contribution is 4.92. The van der Waals surface area contributed by atoms with E-state index in [4.69, 9.17) is 4.74 Å². The van der Waals surface area contributed by atoms with E-state index in [1.807, 2.05) is 0 Å². The van der Waals surface area contributed by atoms with Gasteiger partial charge in [-0.2, -0.15) is 0 Å². The number of ether oxygens (including phenoxy) is 1. The lowest BCUT2D eigenvalue weighted by atomic mass is 10.1. The van der Waals surface area contributed by atoms with Gasteiger partial charge >= 0.3 is 0 Å². The maximum atomic E-state index is 4.80. The molecule has 1 radical (unpaired) electrons. The number of hydrogen-bond acceptors (Lipinski definition) is 1. The van der Waals surface area contributed by atoms with E-state index in [9.17, 15) is 0 Å². The van der Waals surface area contributed by atoms with E-state index in [0.29, 0.717) is 0 Å². The first-order valence-electron chi connectivity index (χ1n) is 8.58. The van der Waals surface area contributed by atoms with E-state index >= 15 is 0 Å². The van der Waals surface area contributed by atoms with Crippen LogP contribution in [-0.4, -0.2) is 6.61 Å². The second kappa shape index (κ2) is 18.4. The second-order valence-electron chi connectivity index (χ2n) is 5.49. The molecule has 0 aliphatic heterocycles. The van der Waals surface area contributed by atoms with Crippen molar-refractivity contribution in [3.8, 4) is 0 Å². The highest BCUT2D eigenvalue weighted by Crippen LogP contribution is 2.08. The van der Waals surface area contributed by atoms with Crippen LogP contribution in [0.4, 0.5) is 0 Å². The first kappa shape index (κ1) is 19.4. The fraction of sp³-hybridized carbons (Fsp3) is 0.737. The summed E-state index contributed by atoms with van der Waals surface area (Å²) in [5, 5.41) is 0. The average molecular weight is 279 g/mol. The zero-order valence-corrected chi connectivity index (χ0v) is 13.6. The fourth-order valence-corrected chi connectivity index (χ4v) is 2.19. The standard InChI is InChI=1S/C19H35O/c1-3-4-5-6-7-8-9-10-11-12-13-14-15-16-17-18-19-20-2/h7-8,10-11H,2-6,9,12-19H2,1H3/b8-7-,11-10-. The van der Waals surface area contributed by atoms with E-state index < -0.39 is 0 Å². The molecule has 0 fully saturated rings. The summed E-state index contributed by atoms with van der Waals surface area (Å²) in [5.74, 6) is 0. The molecule has 0 amide bonds. The van der Waals surface area contributed by atoms with Gasteiger partial charge in [-0.15, -0.1) is 0 Å². The Morgan fingerprint density at radius 1 is 0.700 bits per heavy atom. The molecule has 0 bridgehead atoms. The van der Waals surface area contributed by atoms with E-state index in [1.165, 1.54) is 64.2 Å². The van der Waals surface area contributed by atoms with Gasteiger partial charge in [-0.25, -0.2) is 0 Å². The minimum Gasteiger partial charge on any atom is -0.379 e. The lowest BCUT2D eigenvalue weighted by Gasteiger charge is -2.00. The Kier molecular flexibility index (Phi) is 17.9. The Labute approximate surface area is 127 Å². The van der Waals surface area contributed by atoms with Crippen molar-refractivity contribution < 1.29 is 4.74 Å². The average Bonchev–Trinajstić information content (AvgIpc) is 2.47. The molecule has 0 saturated carbocycles. The molecule has 0 spiro atoms. The quantitative estimate of drug-likeness (QED) is 0.242. The summed E-state index contributed by atoms with van der Waals surface area (Å²) in [6, 6.07) is 0. The molecule has 0 aromatic carbocycles. The Balaban J connectivity index is 3.12. The van der Waals surface area contributed by atoms with Crippen LogP contribution in [0, 0.1) is 7.11 Å². The highest BCUT2D eigenvalue weighted by Gasteiger charge is 1.90. The molecular weight excluding hydrogens is 244 g/mol. The predicted molar refractivity (Wildman–Crippen MR) is 90.7 cm³/mol. The molecule has 0 N–H and O–H groups in total. The first-order chi connectivity index (χ1) is 9.91. The summed E-state index contributed by atoms with van der Waals surface area (Å²) in [6.45, 7) is 3.07. The maximum Gasteiger partial charge on any atom is 0.0700 e. The summed E-state index contributed by atoms with van der Waals surface area (Å²) < 4.78 is 4.80. The van der Waals surface area contributed by atoms with Gasteiger partial charge in [0.05, 0.1) is 7.11 Å². The Bertz CT molecular complexity index is 218. The van der Waals surface area contributed by atoms with Crippen molar-refractivity contribution in [3.05, 3.63) is 31.4 Å². The molecular formula is C19H35O. The third kappa shape index (κ3) is 17.4. The summed E-state index contributed by atoms with van der Waals surface area (Å²) >= 11 is 0. The third-order valence-electron chi connectivity index (χ3n) is 3.49. The van der Waals surface area contributed by atoms with Crippen LogP contribution in [0.2, 0.25) is 0 Å². The van der Waals surface area contributed by atoms with Crippen molar-refractivity contribution in [1.29, 1.82) is 0 Å². The van der Waals surface area contributed by atoms with Crippen molar-refractivity contribution in [2.45, 2.75) is 84.0 Å². The molecule has 0 aliphatic carbocycles. The minimum atomic E-state index is 0.814. The summed E-state index contributed by atoms with van der Waals surface area (Å²) in [4.78, 5) is 0. The summed E-state index contributed by atoms with van der Waals surface area (Å²) in [5.41, 5.74) is 0. The molecule has 0 aliphatic rings. The largest absolute Gasteiger partial charge is 0.379 e. The summed E-state index contributed by atoms with van der Waals surface area (Å²) in [6.07, 6.45) is 24.8. The van der Waals surface area contributed by atoms with Crippen molar-refractivity contribution in [1.82, 2.24) is 0 Å². The predicted octanol–water partition coefficient (Wildman–Crippen LogP) is 6.61. The maximum absolute atomic E-state index is 4.80. The lowest BCUT2D eigenvalue weighted by molar-refractivity contribution is 0.233. The zero-order chi connectivity index (χ0) is 14.7. The molecule has 0 aromatic heterocycles. The summed E-state index contributed by atoms with van der Waals surface area (Å²) in [7, 11) is 3.38. The van der Waals surface area contributed by atoms with Crippen LogP contribution < -0.4 is 0 Å². The monoisotopic (exact) mass is 279 g/mol. The highest BCUT2D eigenvalue weighted by atomic mass is 16.5. The van der Waals surface area contributed by atoms with Gasteiger partial charge in [0.2, 0.25) is 0 Å². The minimum absolute atomic E-state index is 0.814. The molecule has 0 saturated heterocycles. The van der Waals surface area contributed by atoms with E-state index in [-0.39, 0.29) is 0 Å². The molecule has 20 heavy (non-hydrogen) atoms. The van der Waals surface area contributed by atoms with Crippen molar-refractivity contribution in [3.63, 3.8) is 0 Å². The molecule has 1 heteroatoms. The van der Waals surface area contributed by atoms with Crippen LogP contribution in [0.3, 0.4) is 0 Å². The van der Waals surface area contributed by atoms with Crippen LogP contribution in [0.1, 0.15) is 84.0 Å². The first-order valence-corrected chi connectivity index (χ1v) is 8.58. The van der Waals surface area contributed by atoms with Crippen molar-refractivity contribution in [2.24, 2.45) is 0 Å². The SMILES string of the molecule is [CH2]OCCCCCCCC/C=C\C/C=C\CCCCC. The van der Waals surface area contributed by atoms with Crippen LogP contribution in [0.15, 0.2) is 24.3 Å². The van der Waals surface area contributed by atoms with Crippen LogP contribution in [-0.2, 0) is 4.74 Å². The number of hydrogen-bond donors (Lipinski definition) is 0. The Hall–Kier alpha value is -0.560. The van der Waals surface area contributed by atoms with Crippen LogP contribution >= 0.6 is 0 Å². The van der Waals surface area contributed by atoms with Gasteiger partial charge in [-0.05, 0) is 38.5 Å². The van der Waals surface area contributed by atoms with Gasteiger partial charge in [0.15, 0.2) is 0 Å². The molecule has 0 unspecified atom stereocenters. The molecule has 0 atom stereocenters.